The molecule has 6 heteroatoms. The van der Waals surface area contributed by atoms with Crippen molar-refractivity contribution in [1.82, 2.24) is 4.98 Å². The third-order valence-electron chi connectivity index (χ3n) is 3.66. The van der Waals surface area contributed by atoms with Gasteiger partial charge in [-0.25, -0.2) is 4.98 Å². The SMILES string of the molecule is Cc1ccc(SCC(=O)Nc2nc(-c3ccc(OC(C)C)cc3)cs2)cc1. The van der Waals surface area contributed by atoms with Crippen molar-refractivity contribution in [3.05, 3.63) is 59.5 Å². The number of thioether (sulfide) groups is 1. The van der Waals surface area contributed by atoms with E-state index in [1.807, 2.05) is 74.7 Å². The quantitative estimate of drug-likeness (QED) is 0.524. The molecule has 3 aromatic rings. The molecule has 0 radical (unpaired) electrons. The Bertz CT molecular complexity index is 887. The van der Waals surface area contributed by atoms with E-state index in [4.69, 9.17) is 4.74 Å². The van der Waals surface area contributed by atoms with Crippen molar-refractivity contribution in [1.29, 1.82) is 0 Å². The number of thiazole rings is 1. The summed E-state index contributed by atoms with van der Waals surface area (Å²) in [5.41, 5.74) is 3.05. The fourth-order valence-corrected chi connectivity index (χ4v) is 3.81. The topological polar surface area (TPSA) is 51.2 Å². The van der Waals surface area contributed by atoms with Gasteiger partial charge in [0.05, 0.1) is 17.6 Å². The highest BCUT2D eigenvalue weighted by Crippen LogP contribution is 2.27. The van der Waals surface area contributed by atoms with Crippen molar-refractivity contribution in [2.75, 3.05) is 11.1 Å². The van der Waals surface area contributed by atoms with Gasteiger partial charge < -0.3 is 10.1 Å². The summed E-state index contributed by atoms with van der Waals surface area (Å²) in [6.07, 6.45) is 0.148. The highest BCUT2D eigenvalue weighted by molar-refractivity contribution is 8.00. The molecule has 0 saturated heterocycles. The molecular weight excluding hydrogens is 376 g/mol. The van der Waals surface area contributed by atoms with Crippen LogP contribution in [0.4, 0.5) is 5.13 Å². The van der Waals surface area contributed by atoms with Crippen molar-refractivity contribution in [3.63, 3.8) is 0 Å². The lowest BCUT2D eigenvalue weighted by Crippen LogP contribution is -2.13. The number of carbonyl (C=O) groups is 1. The number of benzene rings is 2. The number of hydrogen-bond acceptors (Lipinski definition) is 5. The molecule has 1 heterocycles. The van der Waals surface area contributed by atoms with Gasteiger partial charge in [-0.15, -0.1) is 23.1 Å². The van der Waals surface area contributed by atoms with Gasteiger partial charge in [0.1, 0.15) is 5.75 Å². The minimum absolute atomic E-state index is 0.0536. The zero-order valence-electron chi connectivity index (χ0n) is 15.6. The molecule has 0 aliphatic carbocycles. The molecule has 0 spiro atoms. The van der Waals surface area contributed by atoms with Gasteiger partial charge in [0.25, 0.3) is 0 Å². The fourth-order valence-electron chi connectivity index (χ4n) is 2.38. The van der Waals surface area contributed by atoms with Gasteiger partial charge >= 0.3 is 0 Å². The molecule has 0 saturated carbocycles. The van der Waals surface area contributed by atoms with E-state index in [2.05, 4.69) is 10.3 Å². The molecule has 3 rings (SSSR count). The molecule has 0 bridgehead atoms. The molecule has 0 unspecified atom stereocenters. The van der Waals surface area contributed by atoms with Gasteiger partial charge in [0.2, 0.25) is 5.91 Å². The number of aryl methyl sites for hydroxylation is 1. The van der Waals surface area contributed by atoms with E-state index in [9.17, 15) is 4.79 Å². The third kappa shape index (κ3) is 5.84. The van der Waals surface area contributed by atoms with Crippen molar-refractivity contribution < 1.29 is 9.53 Å². The van der Waals surface area contributed by atoms with Crippen molar-refractivity contribution in [3.8, 4) is 17.0 Å². The normalized spacial score (nSPS) is 10.8. The summed E-state index contributed by atoms with van der Waals surface area (Å²) in [6.45, 7) is 6.05. The smallest absolute Gasteiger partial charge is 0.236 e. The lowest BCUT2D eigenvalue weighted by molar-refractivity contribution is -0.113. The predicted octanol–water partition coefficient (Wildman–Crippen LogP) is 5.64. The Labute approximate surface area is 168 Å². The Morgan fingerprint density at radius 1 is 1.15 bits per heavy atom. The maximum atomic E-state index is 12.2. The van der Waals surface area contributed by atoms with Crippen LogP contribution in [0.1, 0.15) is 19.4 Å². The van der Waals surface area contributed by atoms with Crippen LogP contribution in [0, 0.1) is 6.92 Å². The number of ether oxygens (including phenoxy) is 1. The van der Waals surface area contributed by atoms with Crippen molar-refractivity contribution in [2.45, 2.75) is 31.8 Å². The molecule has 0 atom stereocenters. The molecule has 1 aromatic heterocycles. The monoisotopic (exact) mass is 398 g/mol. The number of carbonyl (C=O) groups excluding carboxylic acids is 1. The molecule has 1 amide bonds. The van der Waals surface area contributed by atoms with E-state index in [1.165, 1.54) is 28.7 Å². The average molecular weight is 399 g/mol. The minimum atomic E-state index is -0.0536. The molecule has 0 aliphatic heterocycles. The van der Waals surface area contributed by atoms with Crippen LogP contribution in [-0.2, 0) is 4.79 Å². The molecule has 0 fully saturated rings. The predicted molar refractivity (Wildman–Crippen MR) is 114 cm³/mol. The van der Waals surface area contributed by atoms with Gasteiger partial charge in [-0.05, 0) is 57.2 Å². The largest absolute Gasteiger partial charge is 0.491 e. The van der Waals surface area contributed by atoms with Gasteiger partial charge in [-0.3, -0.25) is 4.79 Å². The zero-order valence-corrected chi connectivity index (χ0v) is 17.2. The molecule has 0 aliphatic rings. The summed E-state index contributed by atoms with van der Waals surface area (Å²) < 4.78 is 5.66. The Kier molecular flexibility index (Phi) is 6.53. The maximum Gasteiger partial charge on any atom is 0.236 e. The van der Waals surface area contributed by atoms with Crippen molar-refractivity contribution >= 4 is 34.1 Å². The summed E-state index contributed by atoms with van der Waals surface area (Å²) in [6, 6.07) is 16.0. The number of hydrogen-bond donors (Lipinski definition) is 1. The molecular formula is C21H22N2O2S2. The van der Waals surface area contributed by atoms with Crippen LogP contribution in [0.5, 0.6) is 5.75 Å². The van der Waals surface area contributed by atoms with Crippen LogP contribution >= 0.6 is 23.1 Å². The van der Waals surface area contributed by atoms with Gasteiger partial charge in [-0.1, -0.05) is 17.7 Å². The molecule has 1 N–H and O–H groups in total. The highest BCUT2D eigenvalue weighted by Gasteiger charge is 2.09. The van der Waals surface area contributed by atoms with Crippen LogP contribution < -0.4 is 10.1 Å². The number of nitrogens with one attached hydrogen (secondary N) is 1. The first-order valence-electron chi connectivity index (χ1n) is 8.71. The maximum absolute atomic E-state index is 12.2. The number of aromatic nitrogens is 1. The standard InChI is InChI=1S/C21H22N2O2S2/c1-14(2)25-17-8-6-16(7-9-17)19-12-27-21(22-19)23-20(24)13-26-18-10-4-15(3)5-11-18/h4-12,14H,13H2,1-3H3,(H,22,23,24). The summed E-state index contributed by atoms with van der Waals surface area (Å²) in [7, 11) is 0. The minimum Gasteiger partial charge on any atom is -0.491 e. The number of rotatable bonds is 7. The summed E-state index contributed by atoms with van der Waals surface area (Å²) in [5.74, 6) is 1.15. The number of amides is 1. The van der Waals surface area contributed by atoms with Crippen molar-refractivity contribution in [2.24, 2.45) is 0 Å². The molecule has 140 valence electrons. The van der Waals surface area contributed by atoms with Gasteiger partial charge in [0, 0.05) is 15.8 Å². The third-order valence-corrected chi connectivity index (χ3v) is 5.43. The summed E-state index contributed by atoms with van der Waals surface area (Å²) in [4.78, 5) is 17.8. The van der Waals surface area contributed by atoms with E-state index in [-0.39, 0.29) is 12.0 Å². The number of nitrogens with zero attached hydrogens (tertiary/aromatic N) is 1. The second-order valence-electron chi connectivity index (χ2n) is 6.38. The lowest BCUT2D eigenvalue weighted by atomic mass is 10.2. The van der Waals surface area contributed by atoms with Crippen LogP contribution in [0.2, 0.25) is 0 Å². The lowest BCUT2D eigenvalue weighted by Gasteiger charge is -2.09. The summed E-state index contributed by atoms with van der Waals surface area (Å²) >= 11 is 2.94. The van der Waals surface area contributed by atoms with E-state index in [1.54, 1.807) is 0 Å². The zero-order chi connectivity index (χ0) is 19.2. The fraction of sp³-hybridized carbons (Fsp3) is 0.238. The molecule has 4 nitrogen and oxygen atoms in total. The van der Waals surface area contributed by atoms with Gasteiger partial charge in [0.15, 0.2) is 5.13 Å². The second-order valence-corrected chi connectivity index (χ2v) is 8.29. The number of anilines is 1. The van der Waals surface area contributed by atoms with E-state index in [0.29, 0.717) is 10.9 Å². The van der Waals surface area contributed by atoms with Crippen LogP contribution in [0.3, 0.4) is 0 Å². The first-order chi connectivity index (χ1) is 13.0. The second kappa shape index (κ2) is 9.06. The molecule has 27 heavy (non-hydrogen) atoms. The Hall–Kier alpha value is -2.31. The first kappa shape index (κ1) is 19.5. The van der Waals surface area contributed by atoms with Gasteiger partial charge in [-0.2, -0.15) is 0 Å². The van der Waals surface area contributed by atoms with E-state index in [0.717, 1.165) is 21.9 Å². The van der Waals surface area contributed by atoms with E-state index >= 15 is 0 Å². The highest BCUT2D eigenvalue weighted by atomic mass is 32.2. The van der Waals surface area contributed by atoms with Crippen LogP contribution in [0.25, 0.3) is 11.3 Å². The average Bonchev–Trinajstić information content (AvgIpc) is 3.10. The van der Waals surface area contributed by atoms with Crippen LogP contribution in [0.15, 0.2) is 58.8 Å². The Balaban J connectivity index is 1.55. The Morgan fingerprint density at radius 3 is 2.52 bits per heavy atom. The van der Waals surface area contributed by atoms with Crippen LogP contribution in [-0.4, -0.2) is 22.7 Å². The first-order valence-corrected chi connectivity index (χ1v) is 10.6. The van der Waals surface area contributed by atoms with E-state index < -0.39 is 0 Å². The Morgan fingerprint density at radius 2 is 1.85 bits per heavy atom. The molecule has 2 aromatic carbocycles. The summed E-state index contributed by atoms with van der Waals surface area (Å²) in [5, 5.41) is 5.43.